The van der Waals surface area contributed by atoms with E-state index in [9.17, 15) is 8.42 Å². The maximum absolute atomic E-state index is 11.3. The Morgan fingerprint density at radius 2 is 2.09 bits per heavy atom. The molecule has 2 aromatic rings. The SMILES string of the molecule is COc1ccc([C@H]2CCN(c3ncc(S(N)(=O)=O)s3)C2)cc1. The number of sulfonamides is 1. The Balaban J connectivity index is 1.73. The Hall–Kier alpha value is -1.64. The molecular weight excluding hydrogens is 322 g/mol. The van der Waals surface area contributed by atoms with Crippen molar-refractivity contribution in [2.45, 2.75) is 16.5 Å². The molecule has 1 aliphatic heterocycles. The summed E-state index contributed by atoms with van der Waals surface area (Å²) in [4.78, 5) is 6.29. The highest BCUT2D eigenvalue weighted by atomic mass is 32.2. The lowest BCUT2D eigenvalue weighted by Crippen LogP contribution is -2.18. The van der Waals surface area contributed by atoms with Crippen LogP contribution in [0.2, 0.25) is 0 Å². The minimum absolute atomic E-state index is 0.107. The number of thiazole rings is 1. The van der Waals surface area contributed by atoms with E-state index in [1.807, 2.05) is 12.1 Å². The first kappa shape index (κ1) is 15.3. The normalized spacial score (nSPS) is 18.6. The van der Waals surface area contributed by atoms with E-state index in [1.54, 1.807) is 7.11 Å². The lowest BCUT2D eigenvalue weighted by Gasteiger charge is -2.15. The van der Waals surface area contributed by atoms with E-state index in [1.165, 1.54) is 11.8 Å². The van der Waals surface area contributed by atoms with Crippen molar-refractivity contribution in [3.8, 4) is 5.75 Å². The molecule has 0 unspecified atom stereocenters. The molecule has 1 saturated heterocycles. The third kappa shape index (κ3) is 3.08. The number of anilines is 1. The highest BCUT2D eigenvalue weighted by Gasteiger charge is 2.26. The van der Waals surface area contributed by atoms with Crippen molar-refractivity contribution in [3.63, 3.8) is 0 Å². The molecule has 2 heterocycles. The van der Waals surface area contributed by atoms with Crippen LogP contribution in [0, 0.1) is 0 Å². The van der Waals surface area contributed by atoms with Gasteiger partial charge in [0.2, 0.25) is 10.0 Å². The molecule has 1 aromatic heterocycles. The summed E-state index contributed by atoms with van der Waals surface area (Å²) in [6, 6.07) is 8.07. The van der Waals surface area contributed by atoms with Crippen LogP contribution in [-0.4, -0.2) is 33.6 Å². The average Bonchev–Trinajstić information content (AvgIpc) is 3.15. The molecular formula is C14H17N3O3S2. The van der Waals surface area contributed by atoms with Crippen LogP contribution in [0.4, 0.5) is 5.13 Å². The van der Waals surface area contributed by atoms with Gasteiger partial charge in [-0.05, 0) is 24.1 Å². The molecule has 1 aliphatic rings. The standard InChI is InChI=1S/C14H17N3O3S2/c1-20-12-4-2-10(3-5-12)11-6-7-17(9-11)14-16-8-13(21-14)22(15,18)19/h2-5,8,11H,6-7,9H2,1H3,(H2,15,18,19)/t11-/m0/s1. The number of nitrogens with two attached hydrogens (primary N) is 1. The minimum Gasteiger partial charge on any atom is -0.497 e. The predicted octanol–water partition coefficient (Wildman–Crippen LogP) is 1.79. The van der Waals surface area contributed by atoms with Gasteiger partial charge in [-0.1, -0.05) is 23.5 Å². The Morgan fingerprint density at radius 1 is 1.36 bits per heavy atom. The third-order valence-electron chi connectivity index (χ3n) is 3.80. The predicted molar refractivity (Wildman–Crippen MR) is 86.1 cm³/mol. The van der Waals surface area contributed by atoms with Crippen LogP contribution in [0.5, 0.6) is 5.75 Å². The van der Waals surface area contributed by atoms with Gasteiger partial charge in [0.1, 0.15) is 5.75 Å². The van der Waals surface area contributed by atoms with Gasteiger partial charge in [0.15, 0.2) is 9.34 Å². The molecule has 118 valence electrons. The molecule has 0 aliphatic carbocycles. The summed E-state index contributed by atoms with van der Waals surface area (Å²) >= 11 is 1.12. The van der Waals surface area contributed by atoms with Crippen LogP contribution in [0.1, 0.15) is 17.9 Å². The number of methoxy groups -OCH3 is 1. The number of benzene rings is 1. The highest BCUT2D eigenvalue weighted by molar-refractivity contribution is 7.91. The Labute approximate surface area is 133 Å². The Bertz CT molecular complexity index is 756. The number of aromatic nitrogens is 1. The fourth-order valence-corrected chi connectivity index (χ4v) is 4.18. The summed E-state index contributed by atoms with van der Waals surface area (Å²) in [7, 11) is -2.02. The van der Waals surface area contributed by atoms with Crippen molar-refractivity contribution >= 4 is 26.5 Å². The van der Waals surface area contributed by atoms with Crippen LogP contribution in [0.25, 0.3) is 0 Å². The lowest BCUT2D eigenvalue weighted by molar-refractivity contribution is 0.414. The average molecular weight is 339 g/mol. The van der Waals surface area contributed by atoms with Crippen LogP contribution in [-0.2, 0) is 10.0 Å². The number of rotatable bonds is 4. The van der Waals surface area contributed by atoms with Crippen LogP contribution in [0.15, 0.2) is 34.7 Å². The van der Waals surface area contributed by atoms with Gasteiger partial charge >= 0.3 is 0 Å². The van der Waals surface area contributed by atoms with Crippen molar-refractivity contribution < 1.29 is 13.2 Å². The Morgan fingerprint density at radius 3 is 2.68 bits per heavy atom. The number of nitrogens with zero attached hydrogens (tertiary/aromatic N) is 2. The molecule has 1 atom stereocenters. The highest BCUT2D eigenvalue weighted by Crippen LogP contribution is 2.34. The molecule has 2 N–H and O–H groups in total. The Kier molecular flexibility index (Phi) is 4.07. The van der Waals surface area contributed by atoms with E-state index in [-0.39, 0.29) is 4.21 Å². The molecule has 8 heteroatoms. The number of hydrogen-bond donors (Lipinski definition) is 1. The van der Waals surface area contributed by atoms with Gasteiger partial charge in [-0.2, -0.15) is 0 Å². The second-order valence-electron chi connectivity index (χ2n) is 5.21. The van der Waals surface area contributed by atoms with E-state index in [0.29, 0.717) is 11.0 Å². The van der Waals surface area contributed by atoms with Gasteiger partial charge in [0.05, 0.1) is 13.3 Å². The van der Waals surface area contributed by atoms with E-state index in [0.717, 1.165) is 36.6 Å². The van der Waals surface area contributed by atoms with Gasteiger partial charge in [-0.15, -0.1) is 0 Å². The van der Waals surface area contributed by atoms with E-state index >= 15 is 0 Å². The van der Waals surface area contributed by atoms with Crippen molar-refractivity contribution in [3.05, 3.63) is 36.0 Å². The minimum atomic E-state index is -3.67. The lowest BCUT2D eigenvalue weighted by atomic mass is 9.98. The molecule has 1 aromatic carbocycles. The summed E-state index contributed by atoms with van der Waals surface area (Å²) in [6.45, 7) is 1.68. The van der Waals surface area contributed by atoms with Crippen molar-refractivity contribution in [1.82, 2.24) is 4.98 Å². The van der Waals surface area contributed by atoms with Crippen molar-refractivity contribution in [1.29, 1.82) is 0 Å². The number of primary sulfonamides is 1. The first-order chi connectivity index (χ1) is 10.5. The maximum atomic E-state index is 11.3. The summed E-state index contributed by atoms with van der Waals surface area (Å²) in [5, 5.41) is 5.84. The fraction of sp³-hybridized carbons (Fsp3) is 0.357. The third-order valence-corrected chi connectivity index (χ3v) is 6.26. The fourth-order valence-electron chi connectivity index (χ4n) is 2.61. The van der Waals surface area contributed by atoms with E-state index in [2.05, 4.69) is 22.0 Å². The molecule has 22 heavy (non-hydrogen) atoms. The second-order valence-corrected chi connectivity index (χ2v) is 8.01. The van der Waals surface area contributed by atoms with Gasteiger partial charge in [-0.25, -0.2) is 18.5 Å². The van der Waals surface area contributed by atoms with Gasteiger partial charge in [0, 0.05) is 19.0 Å². The zero-order valence-electron chi connectivity index (χ0n) is 12.1. The van der Waals surface area contributed by atoms with Gasteiger partial charge in [0.25, 0.3) is 0 Å². The first-order valence-corrected chi connectivity index (χ1v) is 9.21. The van der Waals surface area contributed by atoms with Crippen molar-refractivity contribution in [2.75, 3.05) is 25.1 Å². The van der Waals surface area contributed by atoms with Gasteiger partial charge < -0.3 is 9.64 Å². The molecule has 0 spiro atoms. The zero-order valence-corrected chi connectivity index (χ0v) is 13.7. The molecule has 0 saturated carbocycles. The summed E-state index contributed by atoms with van der Waals surface area (Å²) in [5.41, 5.74) is 1.26. The number of hydrogen-bond acceptors (Lipinski definition) is 6. The molecule has 0 radical (unpaired) electrons. The van der Waals surface area contributed by atoms with E-state index in [4.69, 9.17) is 9.88 Å². The summed E-state index contributed by atoms with van der Waals surface area (Å²) < 4.78 is 27.9. The zero-order chi connectivity index (χ0) is 15.7. The van der Waals surface area contributed by atoms with Crippen molar-refractivity contribution in [2.24, 2.45) is 5.14 Å². The number of ether oxygens (including phenoxy) is 1. The topological polar surface area (TPSA) is 85.5 Å². The molecule has 3 rings (SSSR count). The van der Waals surface area contributed by atoms with Gasteiger partial charge in [-0.3, -0.25) is 0 Å². The molecule has 6 nitrogen and oxygen atoms in total. The molecule has 0 bridgehead atoms. The monoisotopic (exact) mass is 339 g/mol. The smallest absolute Gasteiger partial charge is 0.249 e. The summed E-state index contributed by atoms with van der Waals surface area (Å²) in [6.07, 6.45) is 2.34. The van der Waals surface area contributed by atoms with Crippen LogP contribution in [0.3, 0.4) is 0 Å². The molecule has 0 amide bonds. The first-order valence-electron chi connectivity index (χ1n) is 6.85. The second kappa shape index (κ2) is 5.86. The van der Waals surface area contributed by atoms with Crippen LogP contribution >= 0.6 is 11.3 Å². The molecule has 1 fully saturated rings. The van der Waals surface area contributed by atoms with E-state index < -0.39 is 10.0 Å². The largest absolute Gasteiger partial charge is 0.497 e. The quantitative estimate of drug-likeness (QED) is 0.918. The van der Waals surface area contributed by atoms with Crippen LogP contribution < -0.4 is 14.8 Å². The maximum Gasteiger partial charge on any atom is 0.249 e. The summed E-state index contributed by atoms with van der Waals surface area (Å²) in [5.74, 6) is 1.25.